The number of nitrogens with zero attached hydrogens (tertiary/aromatic N) is 3. The number of pyridine rings is 1. The molecule has 1 atom stereocenters. The van der Waals surface area contributed by atoms with Gasteiger partial charge < -0.3 is 9.32 Å². The van der Waals surface area contributed by atoms with Crippen LogP contribution in [0.15, 0.2) is 53.5 Å². The van der Waals surface area contributed by atoms with E-state index < -0.39 is 0 Å². The van der Waals surface area contributed by atoms with Gasteiger partial charge in [-0.2, -0.15) is 5.10 Å². The normalized spacial score (nSPS) is 17.8. The molecule has 1 N–H and O–H groups in total. The number of aromatic amines is 1. The molecule has 3 aromatic heterocycles. The second-order valence-corrected chi connectivity index (χ2v) is 6.00. The van der Waals surface area contributed by atoms with Crippen LogP contribution in [0.2, 0.25) is 0 Å². The van der Waals surface area contributed by atoms with Gasteiger partial charge in [0.1, 0.15) is 0 Å². The number of nitrogens with one attached hydrogen (secondary N) is 1. The number of likely N-dealkylation sites (tertiary alicyclic amines) is 1. The zero-order chi connectivity index (χ0) is 16.4. The molecule has 24 heavy (non-hydrogen) atoms. The molecule has 1 fully saturated rings. The van der Waals surface area contributed by atoms with E-state index in [0.29, 0.717) is 12.3 Å². The van der Waals surface area contributed by atoms with E-state index >= 15 is 0 Å². The Morgan fingerprint density at radius 3 is 2.96 bits per heavy atom. The molecule has 1 aliphatic heterocycles. The lowest BCUT2D eigenvalue weighted by atomic mass is 9.90. The fourth-order valence-corrected chi connectivity index (χ4v) is 3.32. The van der Waals surface area contributed by atoms with Crippen molar-refractivity contribution in [3.63, 3.8) is 0 Å². The van der Waals surface area contributed by atoms with Crippen LogP contribution in [0.4, 0.5) is 0 Å². The molecule has 0 aliphatic carbocycles. The van der Waals surface area contributed by atoms with Crippen molar-refractivity contribution in [2.45, 2.75) is 18.8 Å². The van der Waals surface area contributed by atoms with E-state index in [1.165, 1.54) is 6.26 Å². The Morgan fingerprint density at radius 2 is 2.17 bits per heavy atom. The average Bonchev–Trinajstić information content (AvgIpc) is 3.34. The Hall–Kier alpha value is -2.89. The number of furan rings is 1. The smallest absolute Gasteiger partial charge is 0.289 e. The van der Waals surface area contributed by atoms with Crippen LogP contribution in [-0.4, -0.2) is 39.1 Å². The number of rotatable bonds is 3. The first-order valence-corrected chi connectivity index (χ1v) is 8.09. The van der Waals surface area contributed by atoms with Gasteiger partial charge in [0, 0.05) is 42.7 Å². The van der Waals surface area contributed by atoms with Crippen LogP contribution < -0.4 is 0 Å². The minimum atomic E-state index is -0.0466. The van der Waals surface area contributed by atoms with Gasteiger partial charge in [-0.1, -0.05) is 0 Å². The molecule has 1 amide bonds. The second-order valence-electron chi connectivity index (χ2n) is 6.00. The highest BCUT2D eigenvalue weighted by Gasteiger charge is 2.29. The first kappa shape index (κ1) is 14.7. The van der Waals surface area contributed by atoms with E-state index in [2.05, 4.69) is 15.2 Å². The van der Waals surface area contributed by atoms with E-state index in [4.69, 9.17) is 4.42 Å². The van der Waals surface area contributed by atoms with Crippen LogP contribution in [0.3, 0.4) is 0 Å². The summed E-state index contributed by atoms with van der Waals surface area (Å²) in [5.74, 6) is 0.590. The molecule has 1 saturated heterocycles. The third-order valence-electron chi connectivity index (χ3n) is 4.51. The summed E-state index contributed by atoms with van der Waals surface area (Å²) in [5, 5.41) is 7.36. The molecule has 0 saturated carbocycles. The molecule has 0 aromatic carbocycles. The van der Waals surface area contributed by atoms with Crippen LogP contribution >= 0.6 is 0 Å². The Balaban J connectivity index is 1.57. The molecule has 1 aliphatic rings. The maximum atomic E-state index is 12.5. The van der Waals surface area contributed by atoms with Crippen molar-refractivity contribution in [1.82, 2.24) is 20.1 Å². The van der Waals surface area contributed by atoms with Gasteiger partial charge in [0.25, 0.3) is 5.91 Å². The second kappa shape index (κ2) is 6.31. The van der Waals surface area contributed by atoms with E-state index in [1.807, 2.05) is 23.2 Å². The summed E-state index contributed by atoms with van der Waals surface area (Å²) in [5.41, 5.74) is 3.25. The lowest BCUT2D eigenvalue weighted by molar-refractivity contribution is 0.0674. The van der Waals surface area contributed by atoms with Crippen molar-refractivity contribution in [2.24, 2.45) is 0 Å². The zero-order valence-corrected chi connectivity index (χ0v) is 13.2. The first-order chi connectivity index (χ1) is 11.8. The summed E-state index contributed by atoms with van der Waals surface area (Å²) in [6, 6.07) is 7.40. The third-order valence-corrected chi connectivity index (χ3v) is 4.51. The summed E-state index contributed by atoms with van der Waals surface area (Å²) < 4.78 is 5.25. The van der Waals surface area contributed by atoms with E-state index in [9.17, 15) is 4.79 Å². The molecule has 0 bridgehead atoms. The van der Waals surface area contributed by atoms with Gasteiger partial charge in [-0.25, -0.2) is 0 Å². The van der Waals surface area contributed by atoms with Crippen molar-refractivity contribution in [1.29, 1.82) is 0 Å². The van der Waals surface area contributed by atoms with E-state index in [0.717, 1.165) is 36.2 Å². The van der Waals surface area contributed by atoms with Crippen LogP contribution in [0, 0.1) is 0 Å². The minimum Gasteiger partial charge on any atom is -0.459 e. The van der Waals surface area contributed by atoms with E-state index in [-0.39, 0.29) is 11.8 Å². The summed E-state index contributed by atoms with van der Waals surface area (Å²) in [6.07, 6.45) is 8.93. The molecule has 4 heterocycles. The van der Waals surface area contributed by atoms with Crippen LogP contribution in [0.5, 0.6) is 0 Å². The summed E-state index contributed by atoms with van der Waals surface area (Å²) in [4.78, 5) is 18.5. The molecule has 6 nitrogen and oxygen atoms in total. The number of hydrogen-bond acceptors (Lipinski definition) is 4. The predicted molar refractivity (Wildman–Crippen MR) is 88.4 cm³/mol. The van der Waals surface area contributed by atoms with Gasteiger partial charge in [-0.15, -0.1) is 0 Å². The molecule has 0 unspecified atom stereocenters. The fraction of sp³-hybridized carbons (Fsp3) is 0.278. The number of aromatic nitrogens is 3. The topological polar surface area (TPSA) is 75.0 Å². The third kappa shape index (κ3) is 2.71. The molecule has 3 aromatic rings. The first-order valence-electron chi connectivity index (χ1n) is 8.09. The molecule has 4 rings (SSSR count). The number of carbonyl (C=O) groups is 1. The van der Waals surface area contributed by atoms with Crippen molar-refractivity contribution < 1.29 is 9.21 Å². The average molecular weight is 322 g/mol. The minimum absolute atomic E-state index is 0.0466. The van der Waals surface area contributed by atoms with Gasteiger partial charge in [0.05, 0.1) is 12.5 Å². The summed E-state index contributed by atoms with van der Waals surface area (Å²) >= 11 is 0. The predicted octanol–water partition coefficient (Wildman–Crippen LogP) is 3.08. The Bertz CT molecular complexity index is 811. The summed E-state index contributed by atoms with van der Waals surface area (Å²) in [6.45, 7) is 1.43. The summed E-state index contributed by atoms with van der Waals surface area (Å²) in [7, 11) is 0. The molecular formula is C18H18N4O2. The molecule has 0 radical (unpaired) electrons. The van der Waals surface area contributed by atoms with Gasteiger partial charge in [-0.3, -0.25) is 14.9 Å². The number of H-pyrrole nitrogens is 1. The van der Waals surface area contributed by atoms with Crippen LogP contribution in [-0.2, 0) is 0 Å². The van der Waals surface area contributed by atoms with Gasteiger partial charge in [-0.05, 0) is 42.7 Å². The molecule has 0 spiro atoms. The van der Waals surface area contributed by atoms with Crippen LogP contribution in [0.1, 0.15) is 35.0 Å². The lowest BCUT2D eigenvalue weighted by Gasteiger charge is -2.32. The standard InChI is InChI=1S/C18H18N4O2/c23-18(16-4-2-10-24-16)22-9-1-3-14(12-22)17-15(11-20-21-17)13-5-7-19-8-6-13/h2,4-8,10-11,14H,1,3,9,12H2,(H,20,21)/t14-/m1/s1. The Morgan fingerprint density at radius 1 is 1.29 bits per heavy atom. The van der Waals surface area contributed by atoms with Gasteiger partial charge in [0.2, 0.25) is 0 Å². The van der Waals surface area contributed by atoms with Crippen molar-refractivity contribution in [3.05, 3.63) is 60.6 Å². The Labute approximate surface area is 139 Å². The quantitative estimate of drug-likeness (QED) is 0.804. The van der Waals surface area contributed by atoms with Crippen LogP contribution in [0.25, 0.3) is 11.1 Å². The van der Waals surface area contributed by atoms with Crippen molar-refractivity contribution in [3.8, 4) is 11.1 Å². The largest absolute Gasteiger partial charge is 0.459 e. The van der Waals surface area contributed by atoms with E-state index in [1.54, 1.807) is 24.5 Å². The van der Waals surface area contributed by atoms with Crippen molar-refractivity contribution in [2.75, 3.05) is 13.1 Å². The highest BCUT2D eigenvalue weighted by Crippen LogP contribution is 2.33. The number of carbonyl (C=O) groups excluding carboxylic acids is 1. The lowest BCUT2D eigenvalue weighted by Crippen LogP contribution is -2.39. The number of piperidine rings is 1. The maximum Gasteiger partial charge on any atom is 0.289 e. The molecule has 6 heteroatoms. The van der Waals surface area contributed by atoms with Gasteiger partial charge >= 0.3 is 0 Å². The maximum absolute atomic E-state index is 12.5. The SMILES string of the molecule is O=C(c1ccco1)N1CCC[C@@H](c2[nH]ncc2-c2ccncc2)C1. The van der Waals surface area contributed by atoms with Gasteiger partial charge in [0.15, 0.2) is 5.76 Å². The molecule has 122 valence electrons. The molecular weight excluding hydrogens is 304 g/mol. The zero-order valence-electron chi connectivity index (χ0n) is 13.2. The van der Waals surface area contributed by atoms with Crippen molar-refractivity contribution >= 4 is 5.91 Å². The highest BCUT2D eigenvalue weighted by molar-refractivity contribution is 5.91. The number of hydrogen-bond donors (Lipinski definition) is 1. The highest BCUT2D eigenvalue weighted by atomic mass is 16.3. The fourth-order valence-electron chi connectivity index (χ4n) is 3.32. The monoisotopic (exact) mass is 322 g/mol. The Kier molecular flexibility index (Phi) is 3.86. The number of amides is 1.